The highest BCUT2D eigenvalue weighted by Crippen LogP contribution is 2.33. The van der Waals surface area contributed by atoms with E-state index in [0.717, 1.165) is 19.3 Å². The number of hydrogen-bond acceptors (Lipinski definition) is 6. The maximum absolute atomic E-state index is 12.9. The summed E-state index contributed by atoms with van der Waals surface area (Å²) in [6.45, 7) is 2.59. The first-order chi connectivity index (χ1) is 12.4. The Kier molecular flexibility index (Phi) is 4.29. The van der Waals surface area contributed by atoms with Crippen LogP contribution in [0.3, 0.4) is 0 Å². The van der Waals surface area contributed by atoms with Gasteiger partial charge in [-0.2, -0.15) is 0 Å². The average molecular weight is 381 g/mol. The highest BCUT2D eigenvalue weighted by Gasteiger charge is 2.50. The van der Waals surface area contributed by atoms with E-state index in [0.29, 0.717) is 25.3 Å². The predicted octanol–water partition coefficient (Wildman–Crippen LogP) is 0.487. The van der Waals surface area contributed by atoms with Crippen LogP contribution < -0.4 is 0 Å². The SMILES string of the molecule is CCc1cc(C(=O)N2CCN(C(=O)C3CCC3)[C@@H]3CS(=O)(=O)C[C@@H]32)no1. The molecule has 142 valence electrons. The molecule has 0 aromatic carbocycles. The topological polar surface area (TPSA) is 101 Å². The molecule has 0 N–H and O–H groups in total. The molecule has 2 saturated heterocycles. The lowest BCUT2D eigenvalue weighted by atomic mass is 9.83. The third kappa shape index (κ3) is 2.91. The van der Waals surface area contributed by atoms with Crippen molar-refractivity contribution < 1.29 is 22.5 Å². The Hall–Kier alpha value is -1.90. The molecule has 3 aliphatic rings. The van der Waals surface area contributed by atoms with E-state index in [2.05, 4.69) is 5.16 Å². The largest absolute Gasteiger partial charge is 0.361 e. The Morgan fingerprint density at radius 2 is 1.85 bits per heavy atom. The van der Waals surface area contributed by atoms with Crippen LogP contribution in [0.2, 0.25) is 0 Å². The van der Waals surface area contributed by atoms with Gasteiger partial charge < -0.3 is 14.3 Å². The number of aromatic nitrogens is 1. The molecule has 2 atom stereocenters. The van der Waals surface area contributed by atoms with E-state index < -0.39 is 21.9 Å². The molecular formula is C17H23N3O5S. The van der Waals surface area contributed by atoms with Crippen molar-refractivity contribution >= 4 is 21.7 Å². The quantitative estimate of drug-likeness (QED) is 0.755. The van der Waals surface area contributed by atoms with E-state index in [1.165, 1.54) is 0 Å². The number of aryl methyl sites for hydroxylation is 1. The molecule has 1 aromatic heterocycles. The normalized spacial score (nSPS) is 27.9. The van der Waals surface area contributed by atoms with Gasteiger partial charge in [0.15, 0.2) is 15.5 Å². The molecule has 1 aliphatic carbocycles. The lowest BCUT2D eigenvalue weighted by Gasteiger charge is -2.45. The van der Waals surface area contributed by atoms with Crippen molar-refractivity contribution in [1.82, 2.24) is 15.0 Å². The first kappa shape index (κ1) is 17.5. The van der Waals surface area contributed by atoms with Crippen molar-refractivity contribution in [2.24, 2.45) is 5.92 Å². The number of sulfone groups is 1. The number of nitrogens with zero attached hydrogens (tertiary/aromatic N) is 3. The van der Waals surface area contributed by atoms with Gasteiger partial charge in [-0.25, -0.2) is 8.42 Å². The minimum atomic E-state index is -3.29. The highest BCUT2D eigenvalue weighted by molar-refractivity contribution is 7.91. The smallest absolute Gasteiger partial charge is 0.276 e. The summed E-state index contributed by atoms with van der Waals surface area (Å²) in [4.78, 5) is 28.9. The van der Waals surface area contributed by atoms with Gasteiger partial charge in [-0.05, 0) is 12.8 Å². The van der Waals surface area contributed by atoms with E-state index in [1.807, 2.05) is 6.92 Å². The van der Waals surface area contributed by atoms with E-state index in [4.69, 9.17) is 4.52 Å². The third-order valence-electron chi connectivity index (χ3n) is 5.80. The maximum atomic E-state index is 12.9. The van der Waals surface area contributed by atoms with Crippen LogP contribution in [0.5, 0.6) is 0 Å². The summed E-state index contributed by atoms with van der Waals surface area (Å²) in [5.74, 6) is 0.183. The number of carbonyl (C=O) groups excluding carboxylic acids is 2. The average Bonchev–Trinajstić information content (AvgIpc) is 3.14. The van der Waals surface area contributed by atoms with Crippen molar-refractivity contribution in [2.45, 2.75) is 44.7 Å². The highest BCUT2D eigenvalue weighted by atomic mass is 32.2. The molecule has 9 heteroatoms. The summed E-state index contributed by atoms with van der Waals surface area (Å²) in [6, 6.07) is 0.641. The first-order valence-corrected chi connectivity index (χ1v) is 11.0. The van der Waals surface area contributed by atoms with Gasteiger partial charge in [0.1, 0.15) is 5.76 Å². The molecule has 0 bridgehead atoms. The van der Waals surface area contributed by atoms with Gasteiger partial charge >= 0.3 is 0 Å². The fraction of sp³-hybridized carbons (Fsp3) is 0.706. The number of amides is 2. The van der Waals surface area contributed by atoms with Gasteiger partial charge in [-0.15, -0.1) is 0 Å². The zero-order valence-corrected chi connectivity index (χ0v) is 15.6. The van der Waals surface area contributed by atoms with E-state index in [9.17, 15) is 18.0 Å². The molecule has 3 heterocycles. The Morgan fingerprint density at radius 3 is 2.42 bits per heavy atom. The second kappa shape index (κ2) is 6.37. The van der Waals surface area contributed by atoms with Crippen LogP contribution in [-0.4, -0.2) is 71.9 Å². The molecule has 4 rings (SSSR count). The van der Waals surface area contributed by atoms with E-state index in [1.54, 1.807) is 15.9 Å². The van der Waals surface area contributed by atoms with Gasteiger partial charge in [0.2, 0.25) is 5.91 Å². The molecule has 1 saturated carbocycles. The predicted molar refractivity (Wildman–Crippen MR) is 92.2 cm³/mol. The van der Waals surface area contributed by atoms with Crippen molar-refractivity contribution in [3.8, 4) is 0 Å². The van der Waals surface area contributed by atoms with Crippen LogP contribution in [0.25, 0.3) is 0 Å². The second-order valence-electron chi connectivity index (χ2n) is 7.40. The van der Waals surface area contributed by atoms with Crippen LogP contribution in [-0.2, 0) is 21.1 Å². The Labute approximate surface area is 152 Å². The molecule has 1 aromatic rings. The van der Waals surface area contributed by atoms with Crippen molar-refractivity contribution in [3.63, 3.8) is 0 Å². The Balaban J connectivity index is 1.58. The van der Waals surface area contributed by atoms with Gasteiger partial charge in [0, 0.05) is 31.5 Å². The van der Waals surface area contributed by atoms with Crippen molar-refractivity contribution in [1.29, 1.82) is 0 Å². The number of hydrogen-bond donors (Lipinski definition) is 0. The van der Waals surface area contributed by atoms with Crippen molar-refractivity contribution in [2.75, 3.05) is 24.6 Å². The molecule has 8 nitrogen and oxygen atoms in total. The number of fused-ring (bicyclic) bond motifs is 1. The number of carbonyl (C=O) groups is 2. The summed E-state index contributed by atoms with van der Waals surface area (Å²) in [7, 11) is -3.29. The molecule has 0 radical (unpaired) electrons. The van der Waals surface area contributed by atoms with Gasteiger partial charge in [0.25, 0.3) is 5.91 Å². The van der Waals surface area contributed by atoms with Gasteiger partial charge in [-0.1, -0.05) is 18.5 Å². The van der Waals surface area contributed by atoms with Crippen molar-refractivity contribution in [3.05, 3.63) is 17.5 Å². The minimum absolute atomic E-state index is 0.0175. The zero-order valence-electron chi connectivity index (χ0n) is 14.8. The lowest BCUT2D eigenvalue weighted by Crippen LogP contribution is -2.63. The van der Waals surface area contributed by atoms with Crippen LogP contribution in [0.4, 0.5) is 0 Å². The molecule has 0 unspecified atom stereocenters. The van der Waals surface area contributed by atoms with Crippen LogP contribution in [0.15, 0.2) is 10.6 Å². The first-order valence-electron chi connectivity index (χ1n) is 9.17. The van der Waals surface area contributed by atoms with Gasteiger partial charge in [0.05, 0.1) is 23.6 Å². The third-order valence-corrected chi connectivity index (χ3v) is 7.50. The standard InChI is InChI=1S/C17H23N3O5S/c1-2-12-8-13(18-25-12)17(22)20-7-6-19(16(21)11-4-3-5-11)14-9-26(23,24)10-15(14)20/h8,11,14-15H,2-7,9-10H2,1H3/t14-,15+/m1/s1. The molecule has 2 aliphatic heterocycles. The fourth-order valence-corrected chi connectivity index (χ4v) is 6.08. The second-order valence-corrected chi connectivity index (χ2v) is 9.56. The molecule has 3 fully saturated rings. The minimum Gasteiger partial charge on any atom is -0.361 e. The van der Waals surface area contributed by atoms with E-state index in [-0.39, 0.29) is 34.9 Å². The molecule has 26 heavy (non-hydrogen) atoms. The number of rotatable bonds is 3. The molecule has 0 spiro atoms. The van der Waals surface area contributed by atoms with Crippen LogP contribution >= 0.6 is 0 Å². The Bertz CT molecular complexity index is 829. The van der Waals surface area contributed by atoms with Crippen LogP contribution in [0.1, 0.15) is 42.4 Å². The van der Waals surface area contributed by atoms with Gasteiger partial charge in [-0.3, -0.25) is 9.59 Å². The summed E-state index contributed by atoms with van der Waals surface area (Å²) >= 11 is 0. The fourth-order valence-electron chi connectivity index (χ4n) is 4.10. The monoisotopic (exact) mass is 381 g/mol. The summed E-state index contributed by atoms with van der Waals surface area (Å²) < 4.78 is 29.6. The summed E-state index contributed by atoms with van der Waals surface area (Å²) in [5, 5.41) is 3.82. The van der Waals surface area contributed by atoms with E-state index >= 15 is 0 Å². The summed E-state index contributed by atoms with van der Waals surface area (Å²) in [5.41, 5.74) is 0.198. The lowest BCUT2D eigenvalue weighted by molar-refractivity contribution is -0.143. The number of piperazine rings is 1. The molecular weight excluding hydrogens is 358 g/mol. The van der Waals surface area contributed by atoms with Crippen LogP contribution in [0, 0.1) is 5.92 Å². The maximum Gasteiger partial charge on any atom is 0.276 e. The molecule has 2 amide bonds. The Morgan fingerprint density at radius 1 is 1.19 bits per heavy atom. The zero-order chi connectivity index (χ0) is 18.5. The summed E-state index contributed by atoms with van der Waals surface area (Å²) in [6.07, 6.45) is 3.43.